The van der Waals surface area contributed by atoms with Crippen molar-refractivity contribution < 1.29 is 22.8 Å². The monoisotopic (exact) mass is 247 g/mol. The maximum Gasteiger partial charge on any atom is 0.503 e. The lowest BCUT2D eigenvalue weighted by Gasteiger charge is -2.23. The second-order valence-electron chi connectivity index (χ2n) is 2.92. The number of hydrogen-bond acceptors (Lipinski definition) is 6. The summed E-state index contributed by atoms with van der Waals surface area (Å²) in [4.78, 5) is 11.1. The van der Waals surface area contributed by atoms with Crippen molar-refractivity contribution in [2.75, 3.05) is 27.9 Å². The zero-order chi connectivity index (χ0) is 12.4. The summed E-state index contributed by atoms with van der Waals surface area (Å²) in [6.45, 7) is 0.173. The molecule has 0 N–H and O–H groups in total. The van der Waals surface area contributed by atoms with Crippen LogP contribution in [0.4, 0.5) is 0 Å². The van der Waals surface area contributed by atoms with Gasteiger partial charge in [-0.05, 0) is 0 Å². The molecule has 16 heavy (non-hydrogen) atoms. The molecular weight excluding hydrogens is 230 g/mol. The highest BCUT2D eigenvalue weighted by molar-refractivity contribution is 6.60. The van der Waals surface area contributed by atoms with E-state index in [9.17, 15) is 4.79 Å². The van der Waals surface area contributed by atoms with Gasteiger partial charge >= 0.3 is 14.8 Å². The summed E-state index contributed by atoms with van der Waals surface area (Å²) in [6.07, 6.45) is 0.276. The summed E-state index contributed by atoms with van der Waals surface area (Å²) in [5.74, 6) is -0.396. The summed E-state index contributed by atoms with van der Waals surface area (Å²) >= 11 is 0. The molecule has 0 aliphatic rings. The standard InChI is InChI=1S/C9H17NO5Si/c1-12-16(13-2,14-3)8-7-15-9(11)5-4-6-10/h4-5,7-8H2,1-3H3. The molecule has 0 heterocycles. The van der Waals surface area contributed by atoms with Crippen LogP contribution in [-0.2, 0) is 22.8 Å². The van der Waals surface area contributed by atoms with Crippen LogP contribution in [0.1, 0.15) is 12.8 Å². The topological polar surface area (TPSA) is 77.8 Å². The molecule has 0 atom stereocenters. The molecule has 0 amide bonds. The maximum absolute atomic E-state index is 11.1. The lowest BCUT2D eigenvalue weighted by Crippen LogP contribution is -2.43. The van der Waals surface area contributed by atoms with Crippen molar-refractivity contribution in [3.8, 4) is 6.07 Å². The maximum atomic E-state index is 11.1. The molecule has 0 aromatic carbocycles. The molecule has 0 aromatic rings. The molecule has 0 unspecified atom stereocenters. The zero-order valence-electron chi connectivity index (χ0n) is 9.82. The minimum Gasteiger partial charge on any atom is -0.466 e. The molecule has 0 bridgehead atoms. The smallest absolute Gasteiger partial charge is 0.466 e. The van der Waals surface area contributed by atoms with Crippen molar-refractivity contribution in [1.82, 2.24) is 0 Å². The van der Waals surface area contributed by atoms with Gasteiger partial charge in [0, 0.05) is 27.8 Å². The van der Waals surface area contributed by atoms with Gasteiger partial charge in [-0.1, -0.05) is 0 Å². The van der Waals surface area contributed by atoms with Crippen molar-refractivity contribution in [1.29, 1.82) is 5.26 Å². The van der Waals surface area contributed by atoms with Crippen molar-refractivity contribution in [2.45, 2.75) is 18.9 Å². The number of rotatable bonds is 8. The third kappa shape index (κ3) is 5.23. The minimum atomic E-state index is -2.66. The van der Waals surface area contributed by atoms with Gasteiger partial charge in [-0.3, -0.25) is 4.79 Å². The lowest BCUT2D eigenvalue weighted by molar-refractivity contribution is -0.143. The Bertz CT molecular complexity index is 241. The number of carbonyl (C=O) groups excluding carboxylic acids is 1. The van der Waals surface area contributed by atoms with Gasteiger partial charge in [-0.2, -0.15) is 5.26 Å². The normalized spacial score (nSPS) is 10.9. The van der Waals surface area contributed by atoms with Gasteiger partial charge < -0.3 is 18.0 Å². The predicted molar refractivity (Wildman–Crippen MR) is 57.4 cm³/mol. The van der Waals surface area contributed by atoms with E-state index in [-0.39, 0.29) is 19.4 Å². The van der Waals surface area contributed by atoms with Crippen molar-refractivity contribution in [3.05, 3.63) is 0 Å². The van der Waals surface area contributed by atoms with Crippen LogP contribution in [0.25, 0.3) is 0 Å². The molecule has 0 radical (unpaired) electrons. The largest absolute Gasteiger partial charge is 0.503 e. The number of ether oxygens (including phenoxy) is 1. The fourth-order valence-corrected chi connectivity index (χ4v) is 2.54. The number of hydrogen-bond donors (Lipinski definition) is 0. The summed E-state index contributed by atoms with van der Waals surface area (Å²) < 4.78 is 20.4. The Morgan fingerprint density at radius 3 is 2.25 bits per heavy atom. The van der Waals surface area contributed by atoms with Crippen LogP contribution in [0.3, 0.4) is 0 Å². The van der Waals surface area contributed by atoms with E-state index in [1.807, 2.05) is 6.07 Å². The van der Waals surface area contributed by atoms with E-state index in [2.05, 4.69) is 0 Å². The fourth-order valence-electron chi connectivity index (χ4n) is 1.08. The van der Waals surface area contributed by atoms with E-state index in [1.165, 1.54) is 21.3 Å². The summed E-state index contributed by atoms with van der Waals surface area (Å²) in [7, 11) is 1.83. The first kappa shape index (κ1) is 15.1. The van der Waals surface area contributed by atoms with E-state index < -0.39 is 14.8 Å². The Kier molecular flexibility index (Phi) is 7.75. The van der Waals surface area contributed by atoms with Crippen LogP contribution in [0.15, 0.2) is 0 Å². The summed E-state index contributed by atoms with van der Waals surface area (Å²) in [5.41, 5.74) is 0. The SMILES string of the molecule is CO[Si](CCOC(=O)CCC#N)(OC)OC. The zero-order valence-corrected chi connectivity index (χ0v) is 10.8. The third-order valence-electron chi connectivity index (χ3n) is 2.05. The van der Waals surface area contributed by atoms with Gasteiger partial charge in [0.2, 0.25) is 0 Å². The van der Waals surface area contributed by atoms with Gasteiger partial charge in [0.05, 0.1) is 25.1 Å². The molecular formula is C9H17NO5Si. The van der Waals surface area contributed by atoms with Gasteiger partial charge in [0.15, 0.2) is 0 Å². The molecule has 0 spiro atoms. The van der Waals surface area contributed by atoms with Crippen molar-refractivity contribution in [3.63, 3.8) is 0 Å². The van der Waals surface area contributed by atoms with Crippen molar-refractivity contribution in [2.24, 2.45) is 0 Å². The second kappa shape index (κ2) is 8.24. The Labute approximate surface area is 96.4 Å². The quantitative estimate of drug-likeness (QED) is 0.464. The summed E-state index contributed by atoms with van der Waals surface area (Å²) in [6, 6.07) is 2.27. The first-order chi connectivity index (χ1) is 7.64. The van der Waals surface area contributed by atoms with Crippen LogP contribution in [0, 0.1) is 11.3 Å². The highest BCUT2D eigenvalue weighted by atomic mass is 28.4. The van der Waals surface area contributed by atoms with E-state index in [4.69, 9.17) is 23.3 Å². The highest BCUT2D eigenvalue weighted by Gasteiger charge is 2.37. The Balaban J connectivity index is 3.87. The predicted octanol–water partition coefficient (Wildman–Crippen LogP) is 0.711. The molecule has 0 aliphatic carbocycles. The third-order valence-corrected chi connectivity index (χ3v) is 4.73. The molecule has 0 saturated carbocycles. The Hall–Kier alpha value is -0.943. The van der Waals surface area contributed by atoms with Crippen LogP contribution in [0.2, 0.25) is 6.04 Å². The van der Waals surface area contributed by atoms with Gasteiger partial charge in [0.25, 0.3) is 0 Å². The minimum absolute atomic E-state index is 0.109. The first-order valence-electron chi connectivity index (χ1n) is 4.82. The molecule has 6 nitrogen and oxygen atoms in total. The van der Waals surface area contributed by atoms with Gasteiger partial charge in [-0.15, -0.1) is 0 Å². The molecule has 0 aliphatic heterocycles. The average molecular weight is 247 g/mol. The second-order valence-corrected chi connectivity index (χ2v) is 6.01. The van der Waals surface area contributed by atoms with Crippen molar-refractivity contribution >= 4 is 14.8 Å². The van der Waals surface area contributed by atoms with Crippen LogP contribution in [-0.4, -0.2) is 42.7 Å². The molecule has 92 valence electrons. The molecule has 0 aromatic heterocycles. The van der Waals surface area contributed by atoms with Crippen LogP contribution in [0.5, 0.6) is 0 Å². The Morgan fingerprint density at radius 2 is 1.81 bits per heavy atom. The molecule has 0 saturated heterocycles. The van der Waals surface area contributed by atoms with Gasteiger partial charge in [-0.25, -0.2) is 0 Å². The van der Waals surface area contributed by atoms with E-state index in [1.54, 1.807) is 0 Å². The van der Waals surface area contributed by atoms with Crippen LogP contribution >= 0.6 is 0 Å². The molecule has 7 heteroatoms. The Morgan fingerprint density at radius 1 is 1.25 bits per heavy atom. The summed E-state index contributed by atoms with van der Waals surface area (Å²) in [5, 5.41) is 8.27. The first-order valence-corrected chi connectivity index (χ1v) is 6.75. The fraction of sp³-hybridized carbons (Fsp3) is 0.778. The van der Waals surface area contributed by atoms with E-state index >= 15 is 0 Å². The number of esters is 1. The number of carbonyl (C=O) groups is 1. The van der Waals surface area contributed by atoms with Gasteiger partial charge in [0.1, 0.15) is 0 Å². The van der Waals surface area contributed by atoms with E-state index in [0.717, 1.165) is 0 Å². The number of nitrogens with zero attached hydrogens (tertiary/aromatic N) is 1. The van der Waals surface area contributed by atoms with Crippen LogP contribution < -0.4 is 0 Å². The number of nitriles is 1. The highest BCUT2D eigenvalue weighted by Crippen LogP contribution is 2.12. The molecule has 0 rings (SSSR count). The van der Waals surface area contributed by atoms with E-state index in [0.29, 0.717) is 6.04 Å². The average Bonchev–Trinajstić information content (AvgIpc) is 2.33. The molecule has 0 fully saturated rings. The lowest BCUT2D eigenvalue weighted by atomic mass is 10.3.